The molecule has 0 aromatic heterocycles. The second-order valence-corrected chi connectivity index (χ2v) is 10.7. The Morgan fingerprint density at radius 3 is 2.11 bits per heavy atom. The van der Waals surface area contributed by atoms with Gasteiger partial charge in [0.1, 0.15) is 5.76 Å². The van der Waals surface area contributed by atoms with E-state index in [1.54, 1.807) is 24.3 Å². The van der Waals surface area contributed by atoms with E-state index in [4.69, 9.17) is 11.6 Å². The van der Waals surface area contributed by atoms with Gasteiger partial charge in [0.15, 0.2) is 0 Å². The van der Waals surface area contributed by atoms with Crippen LogP contribution in [0.1, 0.15) is 68.8 Å². The molecule has 1 heterocycles. The van der Waals surface area contributed by atoms with Crippen LogP contribution in [-0.2, 0) is 15.0 Å². The summed E-state index contributed by atoms with van der Waals surface area (Å²) in [5.41, 5.74) is 4.01. The number of aliphatic hydroxyl groups is 1. The molecule has 4 rings (SSSR count). The Morgan fingerprint density at radius 1 is 0.943 bits per heavy atom. The lowest BCUT2D eigenvalue weighted by Gasteiger charge is -2.27. The van der Waals surface area contributed by atoms with E-state index < -0.39 is 17.7 Å². The third-order valence-electron chi connectivity index (χ3n) is 6.47. The Labute approximate surface area is 211 Å². The molecular weight excluding hydrogens is 458 g/mol. The molecule has 1 fully saturated rings. The van der Waals surface area contributed by atoms with Gasteiger partial charge in [0.2, 0.25) is 0 Å². The van der Waals surface area contributed by atoms with Crippen molar-refractivity contribution in [3.63, 3.8) is 0 Å². The van der Waals surface area contributed by atoms with Gasteiger partial charge in [0.25, 0.3) is 11.7 Å². The van der Waals surface area contributed by atoms with Crippen LogP contribution in [0.2, 0.25) is 5.02 Å². The average Bonchev–Trinajstić information content (AvgIpc) is 3.08. The van der Waals surface area contributed by atoms with Crippen molar-refractivity contribution in [1.29, 1.82) is 0 Å². The molecule has 3 aromatic rings. The zero-order valence-electron chi connectivity index (χ0n) is 20.7. The molecule has 0 spiro atoms. The molecule has 1 aliphatic rings. The van der Waals surface area contributed by atoms with E-state index in [2.05, 4.69) is 34.6 Å². The summed E-state index contributed by atoms with van der Waals surface area (Å²) >= 11 is 6.14. The summed E-state index contributed by atoms with van der Waals surface area (Å²) in [6.07, 6.45) is 0. The van der Waals surface area contributed by atoms with Crippen molar-refractivity contribution >= 4 is 34.7 Å². The number of carbonyl (C=O) groups excluding carboxylic acids is 2. The molecule has 4 nitrogen and oxygen atoms in total. The highest BCUT2D eigenvalue weighted by Crippen LogP contribution is 2.43. The third kappa shape index (κ3) is 4.76. The Kier molecular flexibility index (Phi) is 6.61. The van der Waals surface area contributed by atoms with E-state index in [-0.39, 0.29) is 16.7 Å². The lowest BCUT2D eigenvalue weighted by atomic mass is 9.85. The number of aliphatic hydroxyl groups excluding tert-OH is 1. The molecule has 35 heavy (non-hydrogen) atoms. The van der Waals surface area contributed by atoms with E-state index in [1.807, 2.05) is 48.5 Å². The lowest BCUT2D eigenvalue weighted by molar-refractivity contribution is -0.132. The van der Waals surface area contributed by atoms with Gasteiger partial charge in [-0.3, -0.25) is 14.5 Å². The molecule has 0 saturated carbocycles. The van der Waals surface area contributed by atoms with Crippen molar-refractivity contribution in [3.8, 4) is 0 Å². The Bertz CT molecular complexity index is 1300. The van der Waals surface area contributed by atoms with Crippen molar-refractivity contribution in [2.45, 2.75) is 52.0 Å². The fraction of sp³-hybridized carbons (Fsp3) is 0.267. The van der Waals surface area contributed by atoms with Crippen molar-refractivity contribution < 1.29 is 14.7 Å². The number of rotatable bonds is 4. The van der Waals surface area contributed by atoms with Gasteiger partial charge in [-0.05, 0) is 52.3 Å². The predicted molar refractivity (Wildman–Crippen MR) is 142 cm³/mol. The predicted octanol–water partition coefficient (Wildman–Crippen LogP) is 7.39. The number of Topliss-reactive ketones (excluding diaryl/α,β-unsaturated/α-hetero) is 1. The van der Waals surface area contributed by atoms with Crippen molar-refractivity contribution in [3.05, 3.63) is 106 Å². The normalized spacial score (nSPS) is 17.9. The van der Waals surface area contributed by atoms with Crippen LogP contribution in [0.4, 0.5) is 5.69 Å². The number of anilines is 1. The van der Waals surface area contributed by atoms with Crippen LogP contribution in [0.3, 0.4) is 0 Å². The number of hydrogen-bond acceptors (Lipinski definition) is 3. The summed E-state index contributed by atoms with van der Waals surface area (Å²) < 4.78 is 0. The maximum atomic E-state index is 13.4. The molecule has 3 aromatic carbocycles. The van der Waals surface area contributed by atoms with Gasteiger partial charge in [0, 0.05) is 16.3 Å². The fourth-order valence-corrected chi connectivity index (χ4v) is 4.58. The highest BCUT2D eigenvalue weighted by Gasteiger charge is 2.47. The monoisotopic (exact) mass is 487 g/mol. The number of halogens is 1. The SMILES string of the molecule is CC(C)c1ccc(N2C(=O)C(=O)/C(=C(\O)c3cccc(Cl)c3)C2c2ccc(C(C)(C)C)cc2)cc1. The number of carbonyl (C=O) groups is 2. The van der Waals surface area contributed by atoms with Gasteiger partial charge >= 0.3 is 0 Å². The van der Waals surface area contributed by atoms with E-state index in [9.17, 15) is 14.7 Å². The van der Waals surface area contributed by atoms with Crippen LogP contribution in [0, 0.1) is 0 Å². The van der Waals surface area contributed by atoms with Crippen LogP contribution in [0.5, 0.6) is 0 Å². The van der Waals surface area contributed by atoms with Gasteiger partial charge in [0.05, 0.1) is 11.6 Å². The minimum absolute atomic E-state index is 0.0478. The molecule has 180 valence electrons. The smallest absolute Gasteiger partial charge is 0.300 e. The van der Waals surface area contributed by atoms with Crippen LogP contribution in [-0.4, -0.2) is 16.8 Å². The minimum Gasteiger partial charge on any atom is -0.507 e. The van der Waals surface area contributed by atoms with Gasteiger partial charge in [-0.15, -0.1) is 0 Å². The molecule has 5 heteroatoms. The molecule has 1 saturated heterocycles. The van der Waals surface area contributed by atoms with Crippen molar-refractivity contribution in [2.24, 2.45) is 0 Å². The molecule has 1 atom stereocenters. The second-order valence-electron chi connectivity index (χ2n) is 10.3. The summed E-state index contributed by atoms with van der Waals surface area (Å²) in [4.78, 5) is 28.2. The zero-order chi connectivity index (χ0) is 25.5. The molecule has 1 amide bonds. The van der Waals surface area contributed by atoms with Crippen molar-refractivity contribution in [1.82, 2.24) is 0 Å². The standard InChI is InChI=1S/C30H30ClNO3/c1-18(2)19-11-15-24(16-12-19)32-26(20-9-13-22(14-10-20)30(3,4)5)25(28(34)29(32)35)27(33)21-7-6-8-23(31)17-21/h6-18,26,33H,1-5H3/b27-25-. The Morgan fingerprint density at radius 2 is 1.57 bits per heavy atom. The maximum Gasteiger partial charge on any atom is 0.300 e. The summed E-state index contributed by atoms with van der Waals surface area (Å²) in [7, 11) is 0. The first kappa shape index (κ1) is 24.7. The number of hydrogen-bond donors (Lipinski definition) is 1. The molecular formula is C30H30ClNO3. The van der Waals surface area contributed by atoms with Crippen LogP contribution < -0.4 is 4.90 Å². The fourth-order valence-electron chi connectivity index (χ4n) is 4.39. The van der Waals surface area contributed by atoms with Crippen LogP contribution in [0.15, 0.2) is 78.4 Å². The Hall–Kier alpha value is -3.37. The molecule has 0 aliphatic carbocycles. The van der Waals surface area contributed by atoms with Gasteiger partial charge in [-0.2, -0.15) is 0 Å². The van der Waals surface area contributed by atoms with E-state index >= 15 is 0 Å². The van der Waals surface area contributed by atoms with E-state index in [0.29, 0.717) is 22.2 Å². The second kappa shape index (κ2) is 9.35. The van der Waals surface area contributed by atoms with E-state index in [0.717, 1.165) is 16.7 Å². The van der Waals surface area contributed by atoms with Gasteiger partial charge in [-0.1, -0.05) is 94.8 Å². The largest absolute Gasteiger partial charge is 0.507 e. The first-order valence-corrected chi connectivity index (χ1v) is 12.1. The number of amides is 1. The molecule has 0 radical (unpaired) electrons. The Balaban J connectivity index is 1.91. The summed E-state index contributed by atoms with van der Waals surface area (Å²) in [5.74, 6) is -1.30. The quantitative estimate of drug-likeness (QED) is 0.237. The molecule has 1 N–H and O–H groups in total. The highest BCUT2D eigenvalue weighted by atomic mass is 35.5. The minimum atomic E-state index is -0.770. The summed E-state index contributed by atoms with van der Waals surface area (Å²) in [5, 5.41) is 11.7. The maximum absolute atomic E-state index is 13.4. The number of ketones is 1. The van der Waals surface area contributed by atoms with Crippen LogP contribution >= 0.6 is 11.6 Å². The highest BCUT2D eigenvalue weighted by molar-refractivity contribution is 6.51. The van der Waals surface area contributed by atoms with Crippen molar-refractivity contribution in [2.75, 3.05) is 4.90 Å². The first-order chi connectivity index (χ1) is 16.5. The van der Waals surface area contributed by atoms with Crippen LogP contribution in [0.25, 0.3) is 5.76 Å². The molecule has 1 aliphatic heterocycles. The topological polar surface area (TPSA) is 57.6 Å². The summed E-state index contributed by atoms with van der Waals surface area (Å²) in [6, 6.07) is 21.4. The third-order valence-corrected chi connectivity index (χ3v) is 6.71. The van der Waals surface area contributed by atoms with Gasteiger partial charge < -0.3 is 5.11 Å². The number of nitrogens with zero attached hydrogens (tertiary/aromatic N) is 1. The average molecular weight is 488 g/mol. The number of benzene rings is 3. The summed E-state index contributed by atoms with van der Waals surface area (Å²) in [6.45, 7) is 10.6. The molecule has 0 bridgehead atoms. The zero-order valence-corrected chi connectivity index (χ0v) is 21.4. The molecule has 1 unspecified atom stereocenters. The first-order valence-electron chi connectivity index (χ1n) is 11.8. The lowest BCUT2D eigenvalue weighted by Crippen LogP contribution is -2.29. The van der Waals surface area contributed by atoms with E-state index in [1.165, 1.54) is 4.90 Å². The van der Waals surface area contributed by atoms with Gasteiger partial charge in [-0.25, -0.2) is 0 Å².